The van der Waals surface area contributed by atoms with Crippen LogP contribution in [0.25, 0.3) is 11.3 Å². The van der Waals surface area contributed by atoms with Crippen LogP contribution in [0.4, 0.5) is 0 Å². The summed E-state index contributed by atoms with van der Waals surface area (Å²) in [4.78, 5) is 4.26. The molecular formula is C15H16N2O2. The lowest BCUT2D eigenvalue weighted by Gasteiger charge is -2.33. The predicted octanol–water partition coefficient (Wildman–Crippen LogP) is 1.85. The number of hydrogen-bond donors (Lipinski definition) is 1. The molecule has 3 atom stereocenters. The highest BCUT2D eigenvalue weighted by molar-refractivity contribution is 5.69. The van der Waals surface area contributed by atoms with Gasteiger partial charge in [0, 0.05) is 18.1 Å². The first-order chi connectivity index (χ1) is 9.36. The van der Waals surface area contributed by atoms with E-state index < -0.39 is 6.10 Å². The first-order valence-corrected chi connectivity index (χ1v) is 6.73. The molecule has 0 saturated carbocycles. The van der Waals surface area contributed by atoms with Crippen molar-refractivity contribution in [3.8, 4) is 11.3 Å². The number of hydrogen-bond acceptors (Lipinski definition) is 3. The quantitative estimate of drug-likeness (QED) is 0.847. The van der Waals surface area contributed by atoms with Crippen LogP contribution in [-0.2, 0) is 4.74 Å². The highest BCUT2D eigenvalue weighted by atomic mass is 16.5. The second kappa shape index (κ2) is 4.18. The average Bonchev–Trinajstić information content (AvgIpc) is 3.00. The van der Waals surface area contributed by atoms with Gasteiger partial charge in [-0.05, 0) is 12.0 Å². The van der Waals surface area contributed by atoms with Gasteiger partial charge in [0.2, 0.25) is 0 Å². The van der Waals surface area contributed by atoms with Crippen molar-refractivity contribution in [3.05, 3.63) is 42.4 Å². The predicted molar refractivity (Wildman–Crippen MR) is 70.7 cm³/mol. The lowest BCUT2D eigenvalue weighted by atomic mass is 9.85. The number of benzene rings is 1. The third-order valence-electron chi connectivity index (χ3n) is 4.31. The van der Waals surface area contributed by atoms with Crippen molar-refractivity contribution >= 4 is 0 Å². The van der Waals surface area contributed by atoms with E-state index in [-0.39, 0.29) is 12.0 Å². The van der Waals surface area contributed by atoms with Gasteiger partial charge in [-0.3, -0.25) is 0 Å². The molecule has 19 heavy (non-hydrogen) atoms. The number of ether oxygens (including phenoxy) is 1. The first kappa shape index (κ1) is 11.2. The van der Waals surface area contributed by atoms with Crippen molar-refractivity contribution in [2.24, 2.45) is 5.92 Å². The number of aliphatic hydroxyl groups excluding tert-OH is 1. The monoisotopic (exact) mass is 256 g/mol. The van der Waals surface area contributed by atoms with Crippen molar-refractivity contribution in [1.82, 2.24) is 9.55 Å². The molecule has 4 heteroatoms. The van der Waals surface area contributed by atoms with Crippen molar-refractivity contribution < 1.29 is 9.84 Å². The molecule has 0 bridgehead atoms. The molecule has 1 aromatic heterocycles. The van der Waals surface area contributed by atoms with Gasteiger partial charge >= 0.3 is 0 Å². The van der Waals surface area contributed by atoms with Crippen LogP contribution in [0.5, 0.6) is 0 Å². The Hall–Kier alpha value is -1.65. The van der Waals surface area contributed by atoms with Crippen LogP contribution in [0.15, 0.2) is 36.8 Å². The summed E-state index contributed by atoms with van der Waals surface area (Å²) in [5.41, 5.74) is 3.69. The standard InChI is InChI=1S/C15H16N2O2/c18-14-8-19-6-5-12(14)15-11-4-2-1-3-10(11)13-7-16-9-17(13)15/h1-4,7,9,12,14-15,18H,5-6,8H2/t12?,14-,15-/m1/s1. The van der Waals surface area contributed by atoms with Gasteiger partial charge in [-0.1, -0.05) is 24.3 Å². The van der Waals surface area contributed by atoms with Gasteiger partial charge in [-0.15, -0.1) is 0 Å². The summed E-state index contributed by atoms with van der Waals surface area (Å²) in [5, 5.41) is 10.3. The van der Waals surface area contributed by atoms with Gasteiger partial charge in [0.25, 0.3) is 0 Å². The van der Waals surface area contributed by atoms with Gasteiger partial charge in [-0.25, -0.2) is 4.98 Å². The van der Waals surface area contributed by atoms with E-state index in [1.165, 1.54) is 11.1 Å². The summed E-state index contributed by atoms with van der Waals surface area (Å²) in [5.74, 6) is 0.199. The fraction of sp³-hybridized carbons (Fsp3) is 0.400. The molecule has 4 rings (SSSR count). The highest BCUT2D eigenvalue weighted by Gasteiger charge is 2.38. The fourth-order valence-electron chi connectivity index (χ4n) is 3.42. The molecular weight excluding hydrogens is 240 g/mol. The van der Waals surface area contributed by atoms with E-state index in [0.29, 0.717) is 6.61 Å². The van der Waals surface area contributed by atoms with Crippen LogP contribution in [0.3, 0.4) is 0 Å². The van der Waals surface area contributed by atoms with Crippen LogP contribution in [-0.4, -0.2) is 34.0 Å². The number of nitrogens with zero attached hydrogens (tertiary/aromatic N) is 2. The molecule has 2 aromatic rings. The van der Waals surface area contributed by atoms with E-state index in [1.807, 2.05) is 12.5 Å². The summed E-state index contributed by atoms with van der Waals surface area (Å²) in [7, 11) is 0. The second-order valence-corrected chi connectivity index (χ2v) is 5.31. The van der Waals surface area contributed by atoms with Crippen molar-refractivity contribution in [1.29, 1.82) is 0 Å². The maximum atomic E-state index is 10.3. The molecule has 1 N–H and O–H groups in total. The largest absolute Gasteiger partial charge is 0.390 e. The zero-order valence-corrected chi connectivity index (χ0v) is 10.6. The van der Waals surface area contributed by atoms with Crippen LogP contribution < -0.4 is 0 Å². The third kappa shape index (κ3) is 1.57. The minimum atomic E-state index is -0.403. The SMILES string of the molecule is O[C@@H]1COCCC1[C@H]1c2ccccc2-c2cncn21. The highest BCUT2D eigenvalue weighted by Crippen LogP contribution is 2.45. The van der Waals surface area contributed by atoms with E-state index in [1.54, 1.807) is 0 Å². The van der Waals surface area contributed by atoms with Crippen LogP contribution in [0, 0.1) is 5.92 Å². The zero-order chi connectivity index (χ0) is 12.8. The van der Waals surface area contributed by atoms with Crippen molar-refractivity contribution in [2.45, 2.75) is 18.6 Å². The molecule has 1 aromatic carbocycles. The summed E-state index contributed by atoms with van der Waals surface area (Å²) >= 11 is 0. The lowest BCUT2D eigenvalue weighted by Crippen LogP contribution is -2.37. The molecule has 0 amide bonds. The number of aromatic nitrogens is 2. The van der Waals surface area contributed by atoms with Crippen molar-refractivity contribution in [3.63, 3.8) is 0 Å². The summed E-state index contributed by atoms with van der Waals surface area (Å²) in [6.45, 7) is 1.16. The second-order valence-electron chi connectivity index (χ2n) is 5.31. The number of imidazole rings is 1. The Morgan fingerprint density at radius 3 is 3.11 bits per heavy atom. The Morgan fingerprint density at radius 1 is 1.32 bits per heavy atom. The van der Waals surface area contributed by atoms with Gasteiger partial charge in [0.15, 0.2) is 0 Å². The summed E-state index contributed by atoms with van der Waals surface area (Å²) < 4.78 is 7.55. The Bertz CT molecular complexity index is 608. The van der Waals surface area contributed by atoms with E-state index in [2.05, 4.69) is 33.8 Å². The normalized spacial score (nSPS) is 29.0. The molecule has 3 heterocycles. The molecule has 2 aliphatic rings. The minimum absolute atomic E-state index is 0.188. The van der Waals surface area contributed by atoms with Crippen LogP contribution >= 0.6 is 0 Å². The van der Waals surface area contributed by atoms with Gasteiger partial charge < -0.3 is 14.4 Å². The summed E-state index contributed by atoms with van der Waals surface area (Å²) in [6, 6.07) is 8.60. The van der Waals surface area contributed by atoms with E-state index in [4.69, 9.17) is 4.74 Å². The van der Waals surface area contributed by atoms with Crippen LogP contribution in [0.1, 0.15) is 18.0 Å². The van der Waals surface area contributed by atoms with Crippen LogP contribution in [0.2, 0.25) is 0 Å². The Kier molecular flexibility index (Phi) is 2.47. The lowest BCUT2D eigenvalue weighted by molar-refractivity contribution is -0.0540. The maximum absolute atomic E-state index is 10.3. The topological polar surface area (TPSA) is 47.3 Å². The van der Waals surface area contributed by atoms with E-state index >= 15 is 0 Å². The fourth-order valence-corrected chi connectivity index (χ4v) is 3.42. The molecule has 4 nitrogen and oxygen atoms in total. The first-order valence-electron chi connectivity index (χ1n) is 6.73. The average molecular weight is 256 g/mol. The van der Waals surface area contributed by atoms with E-state index in [9.17, 15) is 5.11 Å². The van der Waals surface area contributed by atoms with Gasteiger partial charge in [0.05, 0.1) is 37.0 Å². The van der Waals surface area contributed by atoms with Crippen molar-refractivity contribution in [2.75, 3.05) is 13.2 Å². The molecule has 1 unspecified atom stereocenters. The maximum Gasteiger partial charge on any atom is 0.0956 e. The Morgan fingerprint density at radius 2 is 2.21 bits per heavy atom. The third-order valence-corrected chi connectivity index (χ3v) is 4.31. The zero-order valence-electron chi connectivity index (χ0n) is 10.6. The molecule has 0 radical (unpaired) electrons. The molecule has 1 fully saturated rings. The molecule has 98 valence electrons. The number of aliphatic hydroxyl groups is 1. The van der Waals surface area contributed by atoms with Gasteiger partial charge in [-0.2, -0.15) is 0 Å². The Balaban J connectivity index is 1.84. The minimum Gasteiger partial charge on any atom is -0.390 e. The van der Waals surface area contributed by atoms with E-state index in [0.717, 1.165) is 18.7 Å². The number of rotatable bonds is 1. The molecule has 0 aliphatic carbocycles. The molecule has 0 spiro atoms. The molecule has 2 aliphatic heterocycles. The Labute approximate surface area is 111 Å². The summed E-state index contributed by atoms with van der Waals surface area (Å²) in [6.07, 6.45) is 4.27. The molecule has 1 saturated heterocycles. The van der Waals surface area contributed by atoms with Gasteiger partial charge in [0.1, 0.15) is 0 Å². The number of fused-ring (bicyclic) bond motifs is 3. The smallest absolute Gasteiger partial charge is 0.0956 e.